The first-order valence-corrected chi connectivity index (χ1v) is 9.06. The van der Waals surface area contributed by atoms with Crippen LogP contribution in [-0.4, -0.2) is 48.7 Å². The fraction of sp³-hybridized carbons (Fsp3) is 0.263. The lowest BCUT2D eigenvalue weighted by atomic mass is 10.2. The molecule has 7 heteroatoms. The molecule has 0 aromatic heterocycles. The van der Waals surface area contributed by atoms with Gasteiger partial charge in [0.1, 0.15) is 10.7 Å². The molecule has 1 aliphatic heterocycles. The van der Waals surface area contributed by atoms with Gasteiger partial charge in [-0.05, 0) is 48.5 Å². The van der Waals surface area contributed by atoms with Crippen LogP contribution < -0.4 is 10.1 Å². The highest BCUT2D eigenvalue weighted by atomic mass is 35.5. The molecule has 0 radical (unpaired) electrons. The van der Waals surface area contributed by atoms with E-state index in [2.05, 4.69) is 10.2 Å². The van der Waals surface area contributed by atoms with E-state index in [-0.39, 0.29) is 12.5 Å². The Morgan fingerprint density at radius 2 is 1.77 bits per heavy atom. The summed E-state index contributed by atoms with van der Waals surface area (Å²) in [5.41, 5.74) is 1.63. The van der Waals surface area contributed by atoms with Crippen molar-refractivity contribution >= 4 is 40.4 Å². The smallest absolute Gasteiger partial charge is 0.262 e. The number of amides is 1. The molecule has 1 saturated heterocycles. The third-order valence-corrected chi connectivity index (χ3v) is 4.64. The lowest BCUT2D eigenvalue weighted by Gasteiger charge is -2.29. The maximum absolute atomic E-state index is 11.9. The Morgan fingerprint density at radius 1 is 1.12 bits per heavy atom. The number of anilines is 1. The van der Waals surface area contributed by atoms with Gasteiger partial charge < -0.3 is 19.7 Å². The molecule has 0 spiro atoms. The van der Waals surface area contributed by atoms with Gasteiger partial charge in [0.25, 0.3) is 5.91 Å². The van der Waals surface area contributed by atoms with Gasteiger partial charge in [0.2, 0.25) is 0 Å². The van der Waals surface area contributed by atoms with Gasteiger partial charge in [-0.2, -0.15) is 0 Å². The zero-order valence-corrected chi connectivity index (χ0v) is 15.7. The van der Waals surface area contributed by atoms with Crippen LogP contribution in [0.3, 0.4) is 0 Å². The summed E-state index contributed by atoms with van der Waals surface area (Å²) in [7, 11) is 0. The molecule has 0 bridgehead atoms. The van der Waals surface area contributed by atoms with Crippen molar-refractivity contribution in [3.8, 4) is 5.75 Å². The molecule has 0 saturated carbocycles. The average molecular weight is 391 g/mol. The quantitative estimate of drug-likeness (QED) is 0.793. The Labute approximate surface area is 162 Å². The second-order valence-electron chi connectivity index (χ2n) is 5.77. The standard InChI is InChI=1S/C19H19ClN2O3S/c20-15-3-5-16(6-4-15)21-18(23)13-25-17-7-1-14(2-8-17)19(26)22-9-11-24-12-10-22/h1-8H,9-13H2,(H,21,23). The number of ether oxygens (including phenoxy) is 2. The van der Waals surface area contributed by atoms with Gasteiger partial charge in [0.15, 0.2) is 6.61 Å². The molecule has 26 heavy (non-hydrogen) atoms. The van der Waals surface area contributed by atoms with Gasteiger partial charge in [-0.3, -0.25) is 4.79 Å². The van der Waals surface area contributed by atoms with E-state index in [4.69, 9.17) is 33.3 Å². The van der Waals surface area contributed by atoms with Crippen molar-refractivity contribution in [3.63, 3.8) is 0 Å². The minimum atomic E-state index is -0.236. The number of nitrogens with zero attached hydrogens (tertiary/aromatic N) is 1. The van der Waals surface area contributed by atoms with Crippen LogP contribution in [0.2, 0.25) is 5.02 Å². The highest BCUT2D eigenvalue weighted by Gasteiger charge is 2.15. The van der Waals surface area contributed by atoms with E-state index >= 15 is 0 Å². The molecule has 0 unspecified atom stereocenters. The van der Waals surface area contributed by atoms with Crippen molar-refractivity contribution in [2.24, 2.45) is 0 Å². The molecule has 1 heterocycles. The summed E-state index contributed by atoms with van der Waals surface area (Å²) in [6, 6.07) is 14.4. The predicted molar refractivity (Wildman–Crippen MR) is 106 cm³/mol. The monoisotopic (exact) mass is 390 g/mol. The van der Waals surface area contributed by atoms with Crippen molar-refractivity contribution in [2.75, 3.05) is 38.2 Å². The summed E-state index contributed by atoms with van der Waals surface area (Å²) in [6.45, 7) is 2.94. The minimum absolute atomic E-state index is 0.0735. The van der Waals surface area contributed by atoms with E-state index in [1.54, 1.807) is 24.3 Å². The van der Waals surface area contributed by atoms with Crippen LogP contribution in [0.15, 0.2) is 48.5 Å². The van der Waals surface area contributed by atoms with E-state index in [0.29, 0.717) is 29.7 Å². The molecule has 0 atom stereocenters. The molecule has 2 aromatic carbocycles. The third kappa shape index (κ3) is 5.17. The Morgan fingerprint density at radius 3 is 2.42 bits per heavy atom. The number of thiocarbonyl (C=S) groups is 1. The Bertz CT molecular complexity index is 759. The zero-order valence-electron chi connectivity index (χ0n) is 14.1. The molecule has 3 rings (SSSR count). The van der Waals surface area contributed by atoms with Crippen LogP contribution in [0, 0.1) is 0 Å². The number of rotatable bonds is 5. The van der Waals surface area contributed by atoms with E-state index in [1.807, 2.05) is 24.3 Å². The predicted octanol–water partition coefficient (Wildman–Crippen LogP) is 3.37. The SMILES string of the molecule is O=C(COc1ccc(C(=S)N2CCOCC2)cc1)Nc1ccc(Cl)cc1. The normalized spacial score (nSPS) is 14.0. The number of halogens is 1. The summed E-state index contributed by atoms with van der Waals surface area (Å²) in [6.07, 6.45) is 0. The lowest BCUT2D eigenvalue weighted by molar-refractivity contribution is -0.118. The molecule has 1 N–H and O–H groups in total. The van der Waals surface area contributed by atoms with Crippen molar-refractivity contribution in [3.05, 3.63) is 59.1 Å². The first-order chi connectivity index (χ1) is 12.6. The second-order valence-corrected chi connectivity index (χ2v) is 6.60. The van der Waals surface area contributed by atoms with E-state index < -0.39 is 0 Å². The second kappa shape index (κ2) is 8.98. The fourth-order valence-electron chi connectivity index (χ4n) is 2.52. The van der Waals surface area contributed by atoms with Crippen LogP contribution in [0.4, 0.5) is 5.69 Å². The first-order valence-electron chi connectivity index (χ1n) is 8.27. The van der Waals surface area contributed by atoms with E-state index in [0.717, 1.165) is 23.6 Å². The minimum Gasteiger partial charge on any atom is -0.484 e. The first kappa shape index (κ1) is 18.6. The lowest BCUT2D eigenvalue weighted by Crippen LogP contribution is -2.40. The topological polar surface area (TPSA) is 50.8 Å². The van der Waals surface area contributed by atoms with Gasteiger partial charge in [0.05, 0.1) is 13.2 Å². The molecule has 5 nitrogen and oxygen atoms in total. The van der Waals surface area contributed by atoms with Crippen molar-refractivity contribution in [1.29, 1.82) is 0 Å². The third-order valence-electron chi connectivity index (χ3n) is 3.90. The number of nitrogens with one attached hydrogen (secondary N) is 1. The zero-order chi connectivity index (χ0) is 18.4. The highest BCUT2D eigenvalue weighted by Crippen LogP contribution is 2.16. The molecular formula is C19H19ClN2O3S. The number of benzene rings is 2. The molecule has 1 fully saturated rings. The van der Waals surface area contributed by atoms with Gasteiger partial charge >= 0.3 is 0 Å². The number of carbonyl (C=O) groups is 1. The number of hydrogen-bond acceptors (Lipinski definition) is 4. The summed E-state index contributed by atoms with van der Waals surface area (Å²) < 4.78 is 10.9. The van der Waals surface area contributed by atoms with Gasteiger partial charge in [-0.1, -0.05) is 23.8 Å². The van der Waals surface area contributed by atoms with Gasteiger partial charge in [0, 0.05) is 29.4 Å². The highest BCUT2D eigenvalue weighted by molar-refractivity contribution is 7.80. The Balaban J connectivity index is 1.50. The van der Waals surface area contributed by atoms with E-state index in [9.17, 15) is 4.79 Å². The largest absolute Gasteiger partial charge is 0.484 e. The van der Waals surface area contributed by atoms with Gasteiger partial charge in [-0.15, -0.1) is 0 Å². The summed E-state index contributed by atoms with van der Waals surface area (Å²) >= 11 is 11.3. The Kier molecular flexibility index (Phi) is 6.44. The van der Waals surface area contributed by atoms with Crippen molar-refractivity contribution in [1.82, 2.24) is 4.90 Å². The van der Waals surface area contributed by atoms with Crippen LogP contribution >= 0.6 is 23.8 Å². The van der Waals surface area contributed by atoms with Crippen LogP contribution in [0.1, 0.15) is 5.56 Å². The number of hydrogen-bond donors (Lipinski definition) is 1. The molecule has 136 valence electrons. The fourth-order valence-corrected chi connectivity index (χ4v) is 2.97. The van der Waals surface area contributed by atoms with Crippen molar-refractivity contribution < 1.29 is 14.3 Å². The van der Waals surface area contributed by atoms with Crippen LogP contribution in [0.5, 0.6) is 5.75 Å². The van der Waals surface area contributed by atoms with Crippen LogP contribution in [0.25, 0.3) is 0 Å². The summed E-state index contributed by atoms with van der Waals surface area (Å²) in [5.74, 6) is 0.380. The average Bonchev–Trinajstić information content (AvgIpc) is 2.69. The molecule has 1 amide bonds. The maximum Gasteiger partial charge on any atom is 0.262 e. The summed E-state index contributed by atoms with van der Waals surface area (Å²) in [4.78, 5) is 14.9. The van der Waals surface area contributed by atoms with Crippen LogP contribution in [-0.2, 0) is 9.53 Å². The maximum atomic E-state index is 11.9. The van der Waals surface area contributed by atoms with Crippen molar-refractivity contribution in [2.45, 2.75) is 0 Å². The number of morpholine rings is 1. The molecule has 1 aliphatic rings. The summed E-state index contributed by atoms with van der Waals surface area (Å²) in [5, 5.41) is 3.37. The molecular weight excluding hydrogens is 372 g/mol. The molecule has 0 aliphatic carbocycles. The molecule has 2 aromatic rings. The van der Waals surface area contributed by atoms with Gasteiger partial charge in [-0.25, -0.2) is 0 Å². The Hall–Kier alpha value is -2.15. The number of carbonyl (C=O) groups excluding carboxylic acids is 1. The van der Waals surface area contributed by atoms with E-state index in [1.165, 1.54) is 0 Å².